The molecule has 0 spiro atoms. The predicted octanol–water partition coefficient (Wildman–Crippen LogP) is 1.50. The number of nitrogens with two attached hydrogens (primary N) is 1. The molecular formula is C13H19N5OS. The van der Waals surface area contributed by atoms with Crippen molar-refractivity contribution in [3.63, 3.8) is 0 Å². The summed E-state index contributed by atoms with van der Waals surface area (Å²) < 4.78 is 0. The van der Waals surface area contributed by atoms with Gasteiger partial charge in [0.05, 0.1) is 18.0 Å². The zero-order valence-corrected chi connectivity index (χ0v) is 12.3. The maximum atomic E-state index is 9.52. The lowest BCUT2D eigenvalue weighted by Gasteiger charge is -2.24. The van der Waals surface area contributed by atoms with Gasteiger partial charge in [0.15, 0.2) is 0 Å². The van der Waals surface area contributed by atoms with E-state index in [1.165, 1.54) is 4.88 Å². The number of hydrogen-bond donors (Lipinski definition) is 3. The second-order valence-electron chi connectivity index (χ2n) is 4.97. The van der Waals surface area contributed by atoms with Crippen molar-refractivity contribution in [1.82, 2.24) is 9.97 Å². The number of aliphatic hydroxyl groups excluding tert-OH is 1. The van der Waals surface area contributed by atoms with Crippen molar-refractivity contribution in [3.8, 4) is 0 Å². The molecule has 2 aromatic rings. The Morgan fingerprint density at radius 3 is 3.10 bits per heavy atom. The smallest absolute Gasteiger partial charge is 0.240 e. The third-order valence-electron chi connectivity index (χ3n) is 3.76. The molecule has 0 aliphatic carbocycles. The topological polar surface area (TPSA) is 87.3 Å². The standard InChI is InChI=1S/C13H19N5OS/c1-2-9-6-10-11(18-5-3-4-8(18)7-19)15-13(17-14)16-12(10)20-9/h6,8,19H,2-5,7,14H2,1H3,(H,15,16,17). The van der Waals surface area contributed by atoms with E-state index in [0.717, 1.165) is 41.8 Å². The van der Waals surface area contributed by atoms with E-state index >= 15 is 0 Å². The number of hydrogen-bond acceptors (Lipinski definition) is 7. The third kappa shape index (κ3) is 2.21. The average molecular weight is 293 g/mol. The first-order valence-electron chi connectivity index (χ1n) is 6.91. The molecule has 1 fully saturated rings. The molecule has 6 nitrogen and oxygen atoms in total. The molecule has 0 amide bonds. The number of aliphatic hydroxyl groups is 1. The molecule has 20 heavy (non-hydrogen) atoms. The Balaban J connectivity index is 2.14. The number of rotatable bonds is 4. The van der Waals surface area contributed by atoms with E-state index in [-0.39, 0.29) is 12.6 Å². The van der Waals surface area contributed by atoms with Crippen LogP contribution in [0.1, 0.15) is 24.6 Å². The Labute approximate surface area is 121 Å². The molecule has 1 unspecified atom stereocenters. The van der Waals surface area contributed by atoms with Crippen molar-refractivity contribution in [2.24, 2.45) is 5.84 Å². The van der Waals surface area contributed by atoms with E-state index < -0.39 is 0 Å². The highest BCUT2D eigenvalue weighted by molar-refractivity contribution is 7.18. The van der Waals surface area contributed by atoms with Crippen LogP contribution >= 0.6 is 11.3 Å². The van der Waals surface area contributed by atoms with Gasteiger partial charge in [0.25, 0.3) is 0 Å². The van der Waals surface area contributed by atoms with Crippen molar-refractivity contribution >= 4 is 33.3 Å². The van der Waals surface area contributed by atoms with Gasteiger partial charge in [-0.1, -0.05) is 6.92 Å². The number of aryl methyl sites for hydroxylation is 1. The zero-order valence-electron chi connectivity index (χ0n) is 11.5. The molecule has 3 rings (SSSR count). The second-order valence-corrected chi connectivity index (χ2v) is 6.09. The van der Waals surface area contributed by atoms with Crippen LogP contribution in [0.2, 0.25) is 0 Å². The van der Waals surface area contributed by atoms with Crippen LogP contribution in [-0.4, -0.2) is 34.3 Å². The van der Waals surface area contributed by atoms with Crippen LogP contribution in [0.4, 0.5) is 11.8 Å². The largest absolute Gasteiger partial charge is 0.394 e. The van der Waals surface area contributed by atoms with Crippen molar-refractivity contribution < 1.29 is 5.11 Å². The summed E-state index contributed by atoms with van der Waals surface area (Å²) in [6.07, 6.45) is 3.06. The highest BCUT2D eigenvalue weighted by Crippen LogP contribution is 2.35. The lowest BCUT2D eigenvalue weighted by Crippen LogP contribution is -2.33. The van der Waals surface area contributed by atoms with E-state index in [9.17, 15) is 5.11 Å². The molecular weight excluding hydrogens is 274 g/mol. The van der Waals surface area contributed by atoms with Crippen LogP contribution < -0.4 is 16.2 Å². The molecule has 7 heteroatoms. The van der Waals surface area contributed by atoms with Crippen LogP contribution in [0.5, 0.6) is 0 Å². The van der Waals surface area contributed by atoms with Gasteiger partial charge in [-0.25, -0.2) is 10.8 Å². The van der Waals surface area contributed by atoms with E-state index in [0.29, 0.717) is 5.95 Å². The van der Waals surface area contributed by atoms with Crippen LogP contribution in [0.15, 0.2) is 6.07 Å². The first kappa shape index (κ1) is 13.5. The minimum absolute atomic E-state index is 0.142. The van der Waals surface area contributed by atoms with Gasteiger partial charge in [0.2, 0.25) is 5.95 Å². The van der Waals surface area contributed by atoms with Crippen LogP contribution in [-0.2, 0) is 6.42 Å². The fourth-order valence-electron chi connectivity index (χ4n) is 2.72. The molecule has 4 N–H and O–H groups in total. The molecule has 0 aromatic carbocycles. The lowest BCUT2D eigenvalue weighted by atomic mass is 10.2. The number of nitrogens with zero attached hydrogens (tertiary/aromatic N) is 3. The highest BCUT2D eigenvalue weighted by Gasteiger charge is 2.27. The van der Waals surface area contributed by atoms with E-state index in [2.05, 4.69) is 33.3 Å². The van der Waals surface area contributed by atoms with Crippen LogP contribution in [0.3, 0.4) is 0 Å². The molecule has 3 heterocycles. The number of aromatic nitrogens is 2. The molecule has 108 valence electrons. The van der Waals surface area contributed by atoms with Crippen molar-refractivity contribution in [3.05, 3.63) is 10.9 Å². The molecule has 0 radical (unpaired) electrons. The minimum Gasteiger partial charge on any atom is -0.394 e. The fraction of sp³-hybridized carbons (Fsp3) is 0.538. The summed E-state index contributed by atoms with van der Waals surface area (Å²) in [5.41, 5.74) is 2.54. The van der Waals surface area contributed by atoms with Crippen LogP contribution in [0.25, 0.3) is 10.2 Å². The summed E-state index contributed by atoms with van der Waals surface area (Å²) >= 11 is 1.67. The highest BCUT2D eigenvalue weighted by atomic mass is 32.1. The van der Waals surface area contributed by atoms with Gasteiger partial charge >= 0.3 is 0 Å². The van der Waals surface area contributed by atoms with Crippen molar-refractivity contribution in [1.29, 1.82) is 0 Å². The summed E-state index contributed by atoms with van der Waals surface area (Å²) in [6, 6.07) is 2.30. The first-order valence-corrected chi connectivity index (χ1v) is 7.73. The van der Waals surface area contributed by atoms with E-state index in [1.54, 1.807) is 11.3 Å². The van der Waals surface area contributed by atoms with Gasteiger partial charge in [0, 0.05) is 11.4 Å². The Bertz CT molecular complexity index is 614. The zero-order chi connectivity index (χ0) is 14.1. The third-order valence-corrected chi connectivity index (χ3v) is 4.93. The Kier molecular flexibility index (Phi) is 3.73. The summed E-state index contributed by atoms with van der Waals surface area (Å²) in [7, 11) is 0. The van der Waals surface area contributed by atoms with Crippen molar-refractivity contribution in [2.45, 2.75) is 32.2 Å². The lowest BCUT2D eigenvalue weighted by molar-refractivity contribution is 0.266. The van der Waals surface area contributed by atoms with Gasteiger partial charge in [0.1, 0.15) is 10.6 Å². The Morgan fingerprint density at radius 2 is 2.40 bits per heavy atom. The number of nitrogens with one attached hydrogen (secondary N) is 1. The summed E-state index contributed by atoms with van der Waals surface area (Å²) in [5, 5.41) is 10.6. The maximum absolute atomic E-state index is 9.52. The average Bonchev–Trinajstić information content (AvgIpc) is 3.11. The van der Waals surface area contributed by atoms with E-state index in [1.807, 2.05) is 0 Å². The van der Waals surface area contributed by atoms with Crippen LogP contribution in [0, 0.1) is 0 Å². The minimum atomic E-state index is 0.142. The van der Waals surface area contributed by atoms with Gasteiger partial charge in [-0.15, -0.1) is 11.3 Å². The van der Waals surface area contributed by atoms with Gasteiger partial charge < -0.3 is 10.0 Å². The first-order chi connectivity index (χ1) is 9.76. The molecule has 0 bridgehead atoms. The second kappa shape index (κ2) is 5.51. The summed E-state index contributed by atoms with van der Waals surface area (Å²) in [4.78, 5) is 13.4. The summed E-state index contributed by atoms with van der Waals surface area (Å²) in [6.45, 7) is 3.20. The molecule has 1 saturated heterocycles. The molecule has 2 aromatic heterocycles. The number of hydrazine groups is 1. The normalized spacial score (nSPS) is 18.9. The Morgan fingerprint density at radius 1 is 1.55 bits per heavy atom. The number of anilines is 2. The Hall–Kier alpha value is -1.44. The van der Waals surface area contributed by atoms with E-state index in [4.69, 9.17) is 5.84 Å². The van der Waals surface area contributed by atoms with Crippen molar-refractivity contribution in [2.75, 3.05) is 23.5 Å². The number of nitrogen functional groups attached to an aromatic ring is 1. The number of thiophene rings is 1. The quantitative estimate of drug-likeness (QED) is 0.585. The number of fused-ring (bicyclic) bond motifs is 1. The monoisotopic (exact) mass is 293 g/mol. The molecule has 0 saturated carbocycles. The molecule has 1 aliphatic heterocycles. The van der Waals surface area contributed by atoms with Gasteiger partial charge in [-0.2, -0.15) is 4.98 Å². The molecule has 1 aliphatic rings. The fourth-order valence-corrected chi connectivity index (χ4v) is 3.68. The van der Waals surface area contributed by atoms with Gasteiger partial charge in [-0.05, 0) is 25.3 Å². The summed E-state index contributed by atoms with van der Waals surface area (Å²) in [5.74, 6) is 6.79. The SMILES string of the molecule is CCc1cc2c(N3CCCC3CO)nc(NN)nc2s1. The molecule has 1 atom stereocenters. The maximum Gasteiger partial charge on any atom is 0.240 e. The van der Waals surface area contributed by atoms with Gasteiger partial charge in [-0.3, -0.25) is 5.43 Å². The predicted molar refractivity (Wildman–Crippen MR) is 82.1 cm³/mol.